The number of nitrogens with zero attached hydrogens (tertiary/aromatic N) is 3. The normalized spacial score (nSPS) is 14.5. The lowest BCUT2D eigenvalue weighted by Gasteiger charge is -2.13. The van der Waals surface area contributed by atoms with E-state index in [1.807, 2.05) is 42.5 Å². The Labute approximate surface area is 122 Å². The van der Waals surface area contributed by atoms with Crippen LogP contribution in [-0.4, -0.2) is 14.5 Å². The van der Waals surface area contributed by atoms with E-state index < -0.39 is 0 Å². The van der Waals surface area contributed by atoms with Gasteiger partial charge < -0.3 is 0 Å². The molecular formula is C17H15N3O. The van der Waals surface area contributed by atoms with E-state index in [9.17, 15) is 4.79 Å². The molecule has 1 aliphatic heterocycles. The highest BCUT2D eigenvalue weighted by atomic mass is 16.1. The van der Waals surface area contributed by atoms with Crippen LogP contribution in [-0.2, 0) is 19.8 Å². The van der Waals surface area contributed by atoms with Gasteiger partial charge in [0.1, 0.15) is 5.82 Å². The van der Waals surface area contributed by atoms with Crippen molar-refractivity contribution in [2.75, 3.05) is 0 Å². The summed E-state index contributed by atoms with van der Waals surface area (Å²) in [6.45, 7) is 2.16. The van der Waals surface area contributed by atoms with Gasteiger partial charge in [-0.15, -0.1) is 0 Å². The lowest BCUT2D eigenvalue weighted by atomic mass is 10.2. The lowest BCUT2D eigenvalue weighted by molar-refractivity contribution is 0.246. The molecule has 0 unspecified atom stereocenters. The highest BCUT2D eigenvalue weighted by Gasteiger charge is 2.22. The van der Waals surface area contributed by atoms with Gasteiger partial charge in [0.2, 0.25) is 0 Å². The van der Waals surface area contributed by atoms with E-state index in [2.05, 4.69) is 22.0 Å². The molecule has 0 amide bonds. The monoisotopic (exact) mass is 277 g/mol. The quantitative estimate of drug-likeness (QED) is 0.722. The van der Waals surface area contributed by atoms with Crippen LogP contribution in [0.2, 0.25) is 0 Å². The maximum Gasteiger partial charge on any atom is 0.262 e. The fraction of sp³-hybridized carbons (Fsp3) is 0.176. The van der Waals surface area contributed by atoms with Crippen molar-refractivity contribution in [1.29, 1.82) is 0 Å². The van der Waals surface area contributed by atoms with Crippen LogP contribution in [0, 0.1) is 0 Å². The summed E-state index contributed by atoms with van der Waals surface area (Å²) >= 11 is 0. The van der Waals surface area contributed by atoms with Gasteiger partial charge in [-0.05, 0) is 17.7 Å². The van der Waals surface area contributed by atoms with Gasteiger partial charge in [0.05, 0.1) is 24.1 Å². The van der Waals surface area contributed by atoms with Crippen LogP contribution in [0.1, 0.15) is 11.4 Å². The summed E-state index contributed by atoms with van der Waals surface area (Å²) in [6, 6.07) is 17.9. The summed E-state index contributed by atoms with van der Waals surface area (Å²) in [5.74, 6) is 0.856. The number of para-hydroxylation sites is 1. The number of hydrogen-bond donors (Lipinski definition) is 0. The molecule has 4 heteroatoms. The number of hydrogen-bond acceptors (Lipinski definition) is 3. The average Bonchev–Trinajstić information content (AvgIpc) is 2.91. The van der Waals surface area contributed by atoms with E-state index in [4.69, 9.17) is 0 Å². The first-order valence-electron chi connectivity index (χ1n) is 7.06. The minimum absolute atomic E-state index is 0.0613. The van der Waals surface area contributed by atoms with Crippen LogP contribution in [0.15, 0.2) is 59.4 Å². The molecule has 0 N–H and O–H groups in total. The molecule has 0 radical (unpaired) electrons. The van der Waals surface area contributed by atoms with Crippen molar-refractivity contribution in [3.8, 4) is 0 Å². The minimum Gasteiger partial charge on any atom is -0.281 e. The predicted molar refractivity (Wildman–Crippen MR) is 81.7 cm³/mol. The third-order valence-corrected chi connectivity index (χ3v) is 3.90. The Morgan fingerprint density at radius 2 is 1.76 bits per heavy atom. The molecular weight excluding hydrogens is 262 g/mol. The van der Waals surface area contributed by atoms with Crippen molar-refractivity contribution in [3.05, 3.63) is 76.3 Å². The summed E-state index contributed by atoms with van der Waals surface area (Å²) in [7, 11) is 0. The second kappa shape index (κ2) is 4.82. The number of rotatable bonds is 2. The first-order chi connectivity index (χ1) is 10.3. The molecule has 0 spiro atoms. The largest absolute Gasteiger partial charge is 0.281 e. The molecule has 1 aliphatic rings. The van der Waals surface area contributed by atoms with E-state index in [1.165, 1.54) is 5.56 Å². The number of aromatic nitrogens is 2. The molecule has 3 aromatic rings. The molecule has 0 fully saturated rings. The third-order valence-electron chi connectivity index (χ3n) is 3.90. The van der Waals surface area contributed by atoms with Gasteiger partial charge in [-0.2, -0.15) is 0 Å². The first kappa shape index (κ1) is 12.3. The van der Waals surface area contributed by atoms with Crippen LogP contribution in [0.25, 0.3) is 10.9 Å². The van der Waals surface area contributed by atoms with Crippen LogP contribution in [0.4, 0.5) is 0 Å². The maximum absolute atomic E-state index is 12.5. The van der Waals surface area contributed by atoms with Crippen molar-refractivity contribution >= 4 is 10.9 Å². The topological polar surface area (TPSA) is 38.1 Å². The number of benzene rings is 2. The van der Waals surface area contributed by atoms with E-state index in [-0.39, 0.29) is 5.56 Å². The Kier molecular flexibility index (Phi) is 2.82. The van der Waals surface area contributed by atoms with E-state index >= 15 is 0 Å². The molecule has 2 aromatic carbocycles. The Morgan fingerprint density at radius 1 is 1.00 bits per heavy atom. The second-order valence-corrected chi connectivity index (χ2v) is 5.39. The SMILES string of the molecule is O=c1c2ccccc2nc2n1CN(Cc1ccccc1)C2. The number of fused-ring (bicyclic) bond motifs is 2. The summed E-state index contributed by atoms with van der Waals surface area (Å²) in [5, 5.41) is 0.697. The van der Waals surface area contributed by atoms with Crippen LogP contribution in [0.3, 0.4) is 0 Å². The van der Waals surface area contributed by atoms with E-state index in [0.717, 1.165) is 24.4 Å². The van der Waals surface area contributed by atoms with Crippen molar-refractivity contribution in [2.24, 2.45) is 0 Å². The predicted octanol–water partition coefficient (Wildman–Crippen LogP) is 2.37. The van der Waals surface area contributed by atoms with Crippen molar-refractivity contribution in [3.63, 3.8) is 0 Å². The highest BCUT2D eigenvalue weighted by Crippen LogP contribution is 2.17. The summed E-state index contributed by atoms with van der Waals surface area (Å²) in [4.78, 5) is 19.4. The van der Waals surface area contributed by atoms with Crippen LogP contribution in [0.5, 0.6) is 0 Å². The molecule has 4 nitrogen and oxygen atoms in total. The van der Waals surface area contributed by atoms with Crippen LogP contribution < -0.4 is 5.56 Å². The standard InChI is InChI=1S/C17H15N3O/c21-17-14-8-4-5-9-15(14)18-16-11-19(12-20(16)17)10-13-6-2-1-3-7-13/h1-9H,10-12H2. The zero-order chi connectivity index (χ0) is 14.2. The van der Waals surface area contributed by atoms with Gasteiger partial charge in [-0.25, -0.2) is 4.98 Å². The smallest absolute Gasteiger partial charge is 0.262 e. The van der Waals surface area contributed by atoms with Gasteiger partial charge in [-0.3, -0.25) is 14.3 Å². The molecule has 1 aromatic heterocycles. The zero-order valence-corrected chi connectivity index (χ0v) is 11.6. The molecule has 0 bridgehead atoms. The Balaban J connectivity index is 1.69. The van der Waals surface area contributed by atoms with Gasteiger partial charge >= 0.3 is 0 Å². The summed E-state index contributed by atoms with van der Waals surface area (Å²) in [5.41, 5.74) is 2.10. The Morgan fingerprint density at radius 3 is 2.62 bits per heavy atom. The van der Waals surface area contributed by atoms with Crippen molar-refractivity contribution < 1.29 is 0 Å². The van der Waals surface area contributed by atoms with Crippen LogP contribution >= 0.6 is 0 Å². The Hall–Kier alpha value is -2.46. The molecule has 0 aliphatic carbocycles. The lowest BCUT2D eigenvalue weighted by Crippen LogP contribution is -2.24. The zero-order valence-electron chi connectivity index (χ0n) is 11.6. The third kappa shape index (κ3) is 2.14. The summed E-state index contributed by atoms with van der Waals surface area (Å²) in [6.07, 6.45) is 0. The second-order valence-electron chi connectivity index (χ2n) is 5.39. The average molecular weight is 277 g/mol. The van der Waals surface area contributed by atoms with Gasteiger partial charge in [0.25, 0.3) is 5.56 Å². The molecule has 0 saturated carbocycles. The van der Waals surface area contributed by atoms with Gasteiger partial charge in [-0.1, -0.05) is 42.5 Å². The molecule has 0 saturated heterocycles. The highest BCUT2D eigenvalue weighted by molar-refractivity contribution is 5.77. The molecule has 0 atom stereocenters. The first-order valence-corrected chi connectivity index (χ1v) is 7.06. The Bertz CT molecular complexity index is 855. The van der Waals surface area contributed by atoms with E-state index in [0.29, 0.717) is 12.1 Å². The summed E-state index contributed by atoms with van der Waals surface area (Å²) < 4.78 is 1.78. The fourth-order valence-corrected chi connectivity index (χ4v) is 2.88. The molecule has 21 heavy (non-hydrogen) atoms. The van der Waals surface area contributed by atoms with Gasteiger partial charge in [0.15, 0.2) is 0 Å². The van der Waals surface area contributed by atoms with Gasteiger partial charge in [0, 0.05) is 6.54 Å². The van der Waals surface area contributed by atoms with Crippen molar-refractivity contribution in [2.45, 2.75) is 19.8 Å². The molecule has 2 heterocycles. The maximum atomic E-state index is 12.5. The molecule has 4 rings (SSSR count). The van der Waals surface area contributed by atoms with E-state index in [1.54, 1.807) is 4.57 Å². The molecule has 104 valence electrons. The van der Waals surface area contributed by atoms with Crippen molar-refractivity contribution in [1.82, 2.24) is 14.5 Å². The fourth-order valence-electron chi connectivity index (χ4n) is 2.88. The minimum atomic E-state index is 0.0613.